The van der Waals surface area contributed by atoms with E-state index in [0.29, 0.717) is 12.0 Å². The van der Waals surface area contributed by atoms with E-state index < -0.39 is 0 Å². The molecule has 2 aliphatic heterocycles. The van der Waals surface area contributed by atoms with Crippen molar-refractivity contribution < 1.29 is 4.74 Å². The molecule has 1 fully saturated rings. The van der Waals surface area contributed by atoms with E-state index in [9.17, 15) is 0 Å². The number of piperidine rings is 1. The molecule has 4 nitrogen and oxygen atoms in total. The first-order valence-corrected chi connectivity index (χ1v) is 11.5. The first kappa shape index (κ1) is 21.3. The van der Waals surface area contributed by atoms with E-state index >= 15 is 0 Å². The summed E-state index contributed by atoms with van der Waals surface area (Å²) in [7, 11) is 1.84. The van der Waals surface area contributed by atoms with Gasteiger partial charge < -0.3 is 14.2 Å². The first-order chi connectivity index (χ1) is 14.5. The van der Waals surface area contributed by atoms with Crippen LogP contribution in [0.15, 0.2) is 53.2 Å². The number of methoxy groups -OCH3 is 1. The fraction of sp³-hybridized carbons (Fsp3) is 0.577. The van der Waals surface area contributed by atoms with Gasteiger partial charge in [-0.2, -0.15) is 0 Å². The van der Waals surface area contributed by atoms with Crippen molar-refractivity contribution in [1.29, 1.82) is 0 Å². The number of ether oxygens (including phenoxy) is 1. The van der Waals surface area contributed by atoms with E-state index in [1.165, 1.54) is 22.7 Å². The number of hydrogen-bond donors (Lipinski definition) is 0. The minimum Gasteiger partial charge on any atom is -0.380 e. The molecule has 1 aliphatic carbocycles. The summed E-state index contributed by atoms with van der Waals surface area (Å²) in [5.41, 5.74) is 5.27. The lowest BCUT2D eigenvalue weighted by molar-refractivity contribution is 0.0738. The number of rotatable bonds is 5. The van der Waals surface area contributed by atoms with Crippen LogP contribution >= 0.6 is 0 Å². The van der Waals surface area contributed by atoms with Gasteiger partial charge in [-0.3, -0.25) is 4.99 Å². The predicted octanol–water partition coefficient (Wildman–Crippen LogP) is 5.43. The number of nitrogens with zero attached hydrogens (tertiary/aromatic N) is 3. The number of aromatic nitrogens is 1. The maximum atomic E-state index is 5.83. The Kier molecular flexibility index (Phi) is 6.17. The third-order valence-electron chi connectivity index (χ3n) is 7.57. The molecular formula is C26H37N3O. The normalized spacial score (nSPS) is 27.6. The second-order valence-corrected chi connectivity index (χ2v) is 9.23. The van der Waals surface area contributed by atoms with Gasteiger partial charge in [-0.15, -0.1) is 0 Å². The standard InChI is InChI=1S/C26H37N3O/c1-6-7-8-9-11-19(2)28-16-13-26(14-17-28)24-12-10-15-29(24)25-21(4)20(3)23(30-5)18-22(25)27-26/h6-10,12,15,19-20,23H,11,13-14,16-18H2,1-5H3. The van der Waals surface area contributed by atoms with Gasteiger partial charge in [0.25, 0.3) is 0 Å². The van der Waals surface area contributed by atoms with E-state index in [4.69, 9.17) is 9.73 Å². The number of aliphatic imine (C=N–C) groups is 1. The number of fused-ring (bicyclic) bond motifs is 4. The molecule has 3 unspecified atom stereocenters. The van der Waals surface area contributed by atoms with Crippen LogP contribution in [-0.2, 0) is 10.3 Å². The lowest BCUT2D eigenvalue weighted by Crippen LogP contribution is -2.48. The van der Waals surface area contributed by atoms with E-state index in [0.717, 1.165) is 38.8 Å². The average molecular weight is 408 g/mol. The van der Waals surface area contributed by atoms with E-state index in [2.05, 4.69) is 79.8 Å². The van der Waals surface area contributed by atoms with Gasteiger partial charge >= 0.3 is 0 Å². The molecule has 0 aromatic carbocycles. The summed E-state index contributed by atoms with van der Waals surface area (Å²) < 4.78 is 8.27. The Balaban J connectivity index is 1.58. The van der Waals surface area contributed by atoms with Crippen LogP contribution in [0.3, 0.4) is 0 Å². The molecule has 1 spiro atoms. The predicted molar refractivity (Wildman–Crippen MR) is 126 cm³/mol. The molecule has 3 atom stereocenters. The van der Waals surface area contributed by atoms with Gasteiger partial charge in [0.2, 0.25) is 0 Å². The highest BCUT2D eigenvalue weighted by molar-refractivity contribution is 6.21. The summed E-state index contributed by atoms with van der Waals surface area (Å²) in [4.78, 5) is 8.11. The van der Waals surface area contributed by atoms with E-state index in [1.54, 1.807) is 0 Å². The van der Waals surface area contributed by atoms with Crippen molar-refractivity contribution in [1.82, 2.24) is 9.47 Å². The van der Waals surface area contributed by atoms with Crippen molar-refractivity contribution in [2.45, 2.75) is 71.1 Å². The Morgan fingerprint density at radius 2 is 2.07 bits per heavy atom. The van der Waals surface area contributed by atoms with Crippen molar-refractivity contribution in [3.8, 4) is 0 Å². The van der Waals surface area contributed by atoms with Gasteiger partial charge in [-0.05, 0) is 57.7 Å². The molecule has 4 heteroatoms. The lowest BCUT2D eigenvalue weighted by Gasteiger charge is -2.46. The summed E-state index contributed by atoms with van der Waals surface area (Å²) in [6, 6.07) is 5.06. The Morgan fingerprint density at radius 1 is 1.30 bits per heavy atom. The molecular weight excluding hydrogens is 370 g/mol. The van der Waals surface area contributed by atoms with Crippen LogP contribution in [-0.4, -0.2) is 47.5 Å². The summed E-state index contributed by atoms with van der Waals surface area (Å²) in [6.45, 7) is 11.2. The van der Waals surface area contributed by atoms with Gasteiger partial charge in [-0.25, -0.2) is 0 Å². The minimum absolute atomic E-state index is 0.0848. The van der Waals surface area contributed by atoms with Gasteiger partial charge in [0.05, 0.1) is 23.2 Å². The second kappa shape index (κ2) is 8.68. The number of likely N-dealkylation sites (tertiary alicyclic amines) is 1. The summed E-state index contributed by atoms with van der Waals surface area (Å²) in [5.74, 6) is 0.423. The average Bonchev–Trinajstić information content (AvgIpc) is 3.25. The third kappa shape index (κ3) is 3.65. The van der Waals surface area contributed by atoms with Crippen molar-refractivity contribution >= 4 is 11.4 Å². The minimum atomic E-state index is -0.0848. The molecule has 1 saturated heterocycles. The Hall–Kier alpha value is -1.91. The highest BCUT2D eigenvalue weighted by Gasteiger charge is 2.44. The zero-order valence-electron chi connectivity index (χ0n) is 19.3. The van der Waals surface area contributed by atoms with Crippen molar-refractivity contribution in [3.05, 3.63) is 53.9 Å². The van der Waals surface area contributed by atoms with Crippen LogP contribution < -0.4 is 0 Å². The number of hydrogen-bond acceptors (Lipinski definition) is 3. The molecule has 4 rings (SSSR count). The van der Waals surface area contributed by atoms with Gasteiger partial charge in [-0.1, -0.05) is 31.2 Å². The van der Waals surface area contributed by atoms with Crippen LogP contribution in [0.5, 0.6) is 0 Å². The van der Waals surface area contributed by atoms with Crippen LogP contribution in [0, 0.1) is 5.92 Å². The molecule has 0 N–H and O–H groups in total. The van der Waals surface area contributed by atoms with Crippen LogP contribution in [0.4, 0.5) is 0 Å². The van der Waals surface area contributed by atoms with Gasteiger partial charge in [0.15, 0.2) is 0 Å². The van der Waals surface area contributed by atoms with Crippen LogP contribution in [0.25, 0.3) is 5.70 Å². The van der Waals surface area contributed by atoms with Crippen LogP contribution in [0.2, 0.25) is 0 Å². The molecule has 0 amide bonds. The maximum Gasteiger partial charge on any atom is 0.104 e. The van der Waals surface area contributed by atoms with Gasteiger partial charge in [0, 0.05) is 44.8 Å². The summed E-state index contributed by atoms with van der Waals surface area (Å²) in [6.07, 6.45) is 15.3. The topological polar surface area (TPSA) is 29.8 Å². The zero-order chi connectivity index (χ0) is 21.3. The molecule has 3 aliphatic rings. The molecule has 30 heavy (non-hydrogen) atoms. The summed E-state index contributed by atoms with van der Waals surface area (Å²) in [5, 5.41) is 0. The number of allylic oxidation sites excluding steroid dienone is 4. The Morgan fingerprint density at radius 3 is 2.77 bits per heavy atom. The summed E-state index contributed by atoms with van der Waals surface area (Å²) >= 11 is 0. The molecule has 0 radical (unpaired) electrons. The highest BCUT2D eigenvalue weighted by Crippen LogP contribution is 2.46. The maximum absolute atomic E-state index is 5.83. The van der Waals surface area contributed by atoms with Crippen LogP contribution in [0.1, 0.15) is 59.1 Å². The first-order valence-electron chi connectivity index (χ1n) is 11.5. The molecule has 3 heterocycles. The monoisotopic (exact) mass is 407 g/mol. The quantitative estimate of drug-likeness (QED) is 0.609. The molecule has 0 bridgehead atoms. The largest absolute Gasteiger partial charge is 0.380 e. The van der Waals surface area contributed by atoms with E-state index in [-0.39, 0.29) is 11.6 Å². The van der Waals surface area contributed by atoms with Crippen molar-refractivity contribution in [2.24, 2.45) is 10.9 Å². The third-order valence-corrected chi connectivity index (χ3v) is 7.57. The van der Waals surface area contributed by atoms with Crippen molar-refractivity contribution in [3.63, 3.8) is 0 Å². The highest BCUT2D eigenvalue weighted by atomic mass is 16.5. The fourth-order valence-corrected chi connectivity index (χ4v) is 5.49. The smallest absolute Gasteiger partial charge is 0.104 e. The van der Waals surface area contributed by atoms with E-state index in [1.807, 2.05) is 7.11 Å². The second-order valence-electron chi connectivity index (χ2n) is 9.23. The van der Waals surface area contributed by atoms with Gasteiger partial charge in [0.1, 0.15) is 5.54 Å². The SMILES string of the molecule is CC=CC=CCC(C)N1CCC2(CC1)N=C1CC(OC)C(C)C(C)=C1n1cccc12. The Labute approximate surface area is 182 Å². The zero-order valence-corrected chi connectivity index (χ0v) is 19.3. The Bertz CT molecular complexity index is 880. The van der Waals surface area contributed by atoms with Crippen molar-refractivity contribution in [2.75, 3.05) is 20.2 Å². The molecule has 162 valence electrons. The lowest BCUT2D eigenvalue weighted by atomic mass is 9.78. The molecule has 1 aromatic rings. The molecule has 1 aromatic heterocycles. The molecule has 0 saturated carbocycles. The fourth-order valence-electron chi connectivity index (χ4n) is 5.49.